The number of nitrogens with zero attached hydrogens (tertiary/aromatic N) is 6. The van der Waals surface area contributed by atoms with Crippen molar-refractivity contribution in [2.24, 2.45) is 7.05 Å². The number of β-amino-alcohol motifs (C(OH)–C–C–N with tert-alkyl or cyclic N) is 1. The predicted octanol–water partition coefficient (Wildman–Crippen LogP) is 2.06. The van der Waals surface area contributed by atoms with Crippen molar-refractivity contribution in [1.82, 2.24) is 23.8 Å². The molecule has 0 saturated carbocycles. The zero-order chi connectivity index (χ0) is 20.8. The minimum absolute atomic E-state index is 0.0634. The van der Waals surface area contributed by atoms with Crippen LogP contribution >= 0.6 is 0 Å². The Kier molecular flexibility index (Phi) is 4.43. The first-order valence-corrected chi connectivity index (χ1v) is 10.1. The number of fused-ring (bicyclic) bond motifs is 2. The van der Waals surface area contributed by atoms with Crippen LogP contribution in [0.15, 0.2) is 48.8 Å². The fraction of sp³-hybridized carbons (Fsp3) is 0.318. The number of pyridine rings is 1. The van der Waals surface area contributed by atoms with Crippen molar-refractivity contribution >= 4 is 28.5 Å². The van der Waals surface area contributed by atoms with E-state index in [0.29, 0.717) is 18.7 Å². The first kappa shape index (κ1) is 18.6. The minimum atomic E-state index is -0.310. The molecule has 0 aliphatic carbocycles. The third-order valence-electron chi connectivity index (χ3n) is 5.79. The Labute approximate surface area is 174 Å². The molecule has 30 heavy (non-hydrogen) atoms. The van der Waals surface area contributed by atoms with Gasteiger partial charge in [-0.3, -0.25) is 4.79 Å². The normalized spacial score (nSPS) is 16.6. The van der Waals surface area contributed by atoms with Crippen molar-refractivity contribution < 1.29 is 9.90 Å². The van der Waals surface area contributed by atoms with Gasteiger partial charge in [-0.2, -0.15) is 0 Å². The Hall–Kier alpha value is -3.39. The average molecular weight is 404 g/mol. The molecule has 5 rings (SSSR count). The van der Waals surface area contributed by atoms with E-state index < -0.39 is 0 Å². The number of aryl methyl sites for hydroxylation is 1. The van der Waals surface area contributed by atoms with E-state index in [2.05, 4.69) is 9.88 Å². The van der Waals surface area contributed by atoms with Gasteiger partial charge in [0.1, 0.15) is 5.65 Å². The largest absolute Gasteiger partial charge is 0.391 e. The number of anilines is 1. The molecule has 4 aromatic rings. The number of carbonyl (C=O) groups is 1. The lowest BCUT2D eigenvalue weighted by Crippen LogP contribution is -2.26. The Bertz CT molecular complexity index is 1240. The summed E-state index contributed by atoms with van der Waals surface area (Å²) in [7, 11) is 3.76. The molecule has 0 bridgehead atoms. The van der Waals surface area contributed by atoms with Crippen LogP contribution in [-0.4, -0.2) is 61.1 Å². The van der Waals surface area contributed by atoms with E-state index in [1.54, 1.807) is 18.1 Å². The maximum Gasteiger partial charge on any atom is 0.254 e. The Morgan fingerprint density at radius 1 is 1.30 bits per heavy atom. The van der Waals surface area contributed by atoms with Gasteiger partial charge in [0, 0.05) is 38.9 Å². The summed E-state index contributed by atoms with van der Waals surface area (Å²) in [6.45, 7) is 1.83. The number of aliphatic hydroxyl groups excluding tert-OH is 1. The molecule has 3 aromatic heterocycles. The number of benzene rings is 1. The van der Waals surface area contributed by atoms with E-state index in [9.17, 15) is 9.90 Å². The lowest BCUT2D eigenvalue weighted by Gasteiger charge is -2.17. The topological polar surface area (TPSA) is 78.9 Å². The number of aliphatic hydroxyl groups is 1. The summed E-state index contributed by atoms with van der Waals surface area (Å²) in [5, 5.41) is 9.84. The summed E-state index contributed by atoms with van der Waals surface area (Å²) < 4.78 is 4.01. The number of rotatable bonds is 4. The van der Waals surface area contributed by atoms with Gasteiger partial charge < -0.3 is 23.9 Å². The predicted molar refractivity (Wildman–Crippen MR) is 115 cm³/mol. The van der Waals surface area contributed by atoms with Gasteiger partial charge in [0.25, 0.3) is 5.91 Å². The summed E-state index contributed by atoms with van der Waals surface area (Å²) in [5.41, 5.74) is 4.17. The summed E-state index contributed by atoms with van der Waals surface area (Å²) >= 11 is 0. The van der Waals surface area contributed by atoms with Crippen LogP contribution in [0.3, 0.4) is 0 Å². The molecule has 0 spiro atoms. The van der Waals surface area contributed by atoms with Gasteiger partial charge in [0.2, 0.25) is 5.95 Å². The highest BCUT2D eigenvalue weighted by Gasteiger charge is 2.25. The molecule has 1 aliphatic heterocycles. The van der Waals surface area contributed by atoms with Gasteiger partial charge >= 0.3 is 0 Å². The molecule has 1 aliphatic rings. The van der Waals surface area contributed by atoms with E-state index in [-0.39, 0.29) is 12.0 Å². The molecule has 1 unspecified atom stereocenters. The fourth-order valence-corrected chi connectivity index (χ4v) is 4.16. The van der Waals surface area contributed by atoms with Gasteiger partial charge in [0.05, 0.1) is 35.6 Å². The summed E-state index contributed by atoms with van der Waals surface area (Å²) in [4.78, 5) is 26.0. The highest BCUT2D eigenvalue weighted by Crippen LogP contribution is 2.25. The zero-order valence-corrected chi connectivity index (χ0v) is 17.1. The monoisotopic (exact) mass is 404 g/mol. The highest BCUT2D eigenvalue weighted by molar-refractivity contribution is 5.97. The van der Waals surface area contributed by atoms with E-state index in [1.165, 1.54) is 0 Å². The molecule has 1 amide bonds. The van der Waals surface area contributed by atoms with Crippen molar-refractivity contribution in [3.63, 3.8) is 0 Å². The number of hydrogen-bond acceptors (Lipinski definition) is 5. The van der Waals surface area contributed by atoms with Crippen molar-refractivity contribution in [2.45, 2.75) is 19.1 Å². The highest BCUT2D eigenvalue weighted by atomic mass is 16.3. The molecular weight excluding hydrogens is 380 g/mol. The molecule has 4 heterocycles. The number of amides is 1. The first-order valence-electron chi connectivity index (χ1n) is 10.1. The summed E-state index contributed by atoms with van der Waals surface area (Å²) in [5.74, 6) is 0.761. The quantitative estimate of drug-likeness (QED) is 0.563. The third-order valence-corrected chi connectivity index (χ3v) is 5.79. The number of aromatic nitrogens is 4. The number of carbonyl (C=O) groups excluding carboxylic acids is 1. The van der Waals surface area contributed by atoms with Crippen molar-refractivity contribution in [3.05, 3.63) is 60.0 Å². The van der Waals surface area contributed by atoms with Crippen LogP contribution in [0.25, 0.3) is 16.7 Å². The summed E-state index contributed by atoms with van der Waals surface area (Å²) in [6, 6.07) is 11.5. The first-order chi connectivity index (χ1) is 14.5. The lowest BCUT2D eigenvalue weighted by atomic mass is 10.1. The molecule has 8 nitrogen and oxygen atoms in total. The molecular formula is C22H24N6O2. The van der Waals surface area contributed by atoms with Crippen molar-refractivity contribution in [2.75, 3.05) is 25.0 Å². The number of hydrogen-bond donors (Lipinski definition) is 1. The van der Waals surface area contributed by atoms with Crippen LogP contribution in [0.5, 0.6) is 0 Å². The van der Waals surface area contributed by atoms with E-state index in [1.807, 2.05) is 58.6 Å². The maximum atomic E-state index is 13.1. The van der Waals surface area contributed by atoms with Crippen LogP contribution in [0.2, 0.25) is 0 Å². The van der Waals surface area contributed by atoms with Gasteiger partial charge in [0.15, 0.2) is 0 Å². The van der Waals surface area contributed by atoms with Crippen molar-refractivity contribution in [3.8, 4) is 0 Å². The molecule has 154 valence electrons. The summed E-state index contributed by atoms with van der Waals surface area (Å²) in [6.07, 6.45) is 4.20. The maximum absolute atomic E-state index is 13.1. The van der Waals surface area contributed by atoms with Crippen LogP contribution < -0.4 is 4.90 Å². The number of imidazole rings is 2. The van der Waals surface area contributed by atoms with Gasteiger partial charge in [-0.15, -0.1) is 0 Å². The molecule has 8 heteroatoms. The van der Waals surface area contributed by atoms with Crippen LogP contribution in [0.1, 0.15) is 22.5 Å². The second-order valence-electron chi connectivity index (χ2n) is 7.90. The Morgan fingerprint density at radius 2 is 2.17 bits per heavy atom. The standard InChI is InChI=1S/C22H24N6O2/c1-25(13-16-12-23-20-5-3-4-9-28(16)20)21(30)15-6-7-19-18(11-15)24-22(26(19)2)27-10-8-17(29)14-27/h3-7,9,11-12,17,29H,8,10,13-14H2,1-2H3. The third kappa shape index (κ3) is 3.09. The van der Waals surface area contributed by atoms with Crippen molar-refractivity contribution in [1.29, 1.82) is 0 Å². The average Bonchev–Trinajstić information content (AvgIpc) is 3.45. The molecule has 1 aromatic carbocycles. The fourth-order valence-electron chi connectivity index (χ4n) is 4.16. The Balaban J connectivity index is 1.40. The molecule has 0 radical (unpaired) electrons. The van der Waals surface area contributed by atoms with Crippen LogP contribution in [0, 0.1) is 0 Å². The smallest absolute Gasteiger partial charge is 0.254 e. The van der Waals surface area contributed by atoms with E-state index in [0.717, 1.165) is 41.3 Å². The van der Waals surface area contributed by atoms with Gasteiger partial charge in [-0.05, 0) is 36.8 Å². The van der Waals surface area contributed by atoms with E-state index >= 15 is 0 Å². The molecule has 1 saturated heterocycles. The SMILES string of the molecule is CN(Cc1cnc2ccccn12)C(=O)c1ccc2c(c1)nc(N1CCC(O)C1)n2C. The zero-order valence-electron chi connectivity index (χ0n) is 17.1. The van der Waals surface area contributed by atoms with E-state index in [4.69, 9.17) is 4.98 Å². The Morgan fingerprint density at radius 3 is 2.97 bits per heavy atom. The molecule has 1 N–H and O–H groups in total. The van der Waals surface area contributed by atoms with Crippen LogP contribution in [0.4, 0.5) is 5.95 Å². The second-order valence-corrected chi connectivity index (χ2v) is 7.90. The second kappa shape index (κ2) is 7.14. The molecule has 1 atom stereocenters. The lowest BCUT2D eigenvalue weighted by molar-refractivity contribution is 0.0783. The van der Waals surface area contributed by atoms with Crippen LogP contribution in [-0.2, 0) is 13.6 Å². The molecule has 1 fully saturated rings. The minimum Gasteiger partial charge on any atom is -0.391 e. The van der Waals surface area contributed by atoms with Gasteiger partial charge in [-0.25, -0.2) is 9.97 Å². The van der Waals surface area contributed by atoms with Gasteiger partial charge in [-0.1, -0.05) is 6.07 Å².